The molecule has 2 N–H and O–H groups in total. The maximum Gasteiger partial charge on any atom is 0.341 e. The zero-order chi connectivity index (χ0) is 22.4. The number of nitrogens with one attached hydrogen (secondary N) is 1. The summed E-state index contributed by atoms with van der Waals surface area (Å²) >= 11 is 0. The normalized spacial score (nSPS) is 10.8. The largest absolute Gasteiger partial charge is 0.505 e. The predicted molar refractivity (Wildman–Crippen MR) is 113 cm³/mol. The lowest BCUT2D eigenvalue weighted by Gasteiger charge is -2.13. The Balaban J connectivity index is 2.03. The van der Waals surface area contributed by atoms with Crippen LogP contribution < -0.4 is 5.32 Å². The molecule has 0 radical (unpaired) electrons. The van der Waals surface area contributed by atoms with E-state index in [9.17, 15) is 19.1 Å². The van der Waals surface area contributed by atoms with E-state index >= 15 is 0 Å². The molecule has 0 unspecified atom stereocenters. The van der Waals surface area contributed by atoms with Gasteiger partial charge in [-0.15, -0.1) is 0 Å². The van der Waals surface area contributed by atoms with Gasteiger partial charge in [-0.2, -0.15) is 0 Å². The zero-order valence-electron chi connectivity index (χ0n) is 17.3. The van der Waals surface area contributed by atoms with Crippen LogP contribution in [0.3, 0.4) is 0 Å². The Labute approximate surface area is 178 Å². The van der Waals surface area contributed by atoms with Gasteiger partial charge in [-0.05, 0) is 48.2 Å². The second kappa shape index (κ2) is 9.99. The van der Waals surface area contributed by atoms with Crippen molar-refractivity contribution < 1.29 is 28.6 Å². The Morgan fingerprint density at radius 3 is 2.52 bits per heavy atom. The van der Waals surface area contributed by atoms with E-state index in [4.69, 9.17) is 9.47 Å². The quantitative estimate of drug-likeness (QED) is 0.424. The van der Waals surface area contributed by atoms with Gasteiger partial charge < -0.3 is 19.9 Å². The number of aromatic nitrogens is 1. The molecule has 31 heavy (non-hydrogen) atoms. The van der Waals surface area contributed by atoms with Crippen molar-refractivity contribution in [2.45, 2.75) is 12.8 Å². The highest BCUT2D eigenvalue weighted by atomic mass is 19.1. The molecule has 8 heteroatoms. The molecule has 7 nitrogen and oxygen atoms in total. The predicted octanol–water partition coefficient (Wildman–Crippen LogP) is 3.22. The number of fused-ring (bicyclic) bond motifs is 1. The third kappa shape index (κ3) is 5.16. The first-order chi connectivity index (χ1) is 14.9. The van der Waals surface area contributed by atoms with Crippen molar-refractivity contribution in [2.75, 3.05) is 27.4 Å². The van der Waals surface area contributed by atoms with E-state index in [-0.39, 0.29) is 28.2 Å². The molecular formula is C23H23FN2O5. The lowest BCUT2D eigenvalue weighted by atomic mass is 9.98. The molecule has 0 aliphatic heterocycles. The lowest BCUT2D eigenvalue weighted by Crippen LogP contribution is -2.26. The van der Waals surface area contributed by atoms with Crippen LogP contribution in [-0.2, 0) is 15.9 Å². The highest BCUT2D eigenvalue weighted by molar-refractivity contribution is 6.11. The highest BCUT2D eigenvalue weighted by Crippen LogP contribution is 2.32. The number of aromatic hydroxyl groups is 1. The van der Waals surface area contributed by atoms with E-state index in [1.54, 1.807) is 31.5 Å². The minimum atomic E-state index is -0.773. The molecule has 0 aliphatic carbocycles. The van der Waals surface area contributed by atoms with Crippen molar-refractivity contribution >= 4 is 22.8 Å². The van der Waals surface area contributed by atoms with Gasteiger partial charge in [-0.25, -0.2) is 9.18 Å². The van der Waals surface area contributed by atoms with Gasteiger partial charge in [0, 0.05) is 37.4 Å². The summed E-state index contributed by atoms with van der Waals surface area (Å²) in [5, 5.41) is 13.7. The van der Waals surface area contributed by atoms with Crippen LogP contribution in [0.2, 0.25) is 0 Å². The third-order valence-corrected chi connectivity index (χ3v) is 4.78. The summed E-state index contributed by atoms with van der Waals surface area (Å²) in [4.78, 5) is 29.2. The molecule has 0 bridgehead atoms. The number of phenolic OH excluding ortho intramolecular Hbond substituents is 1. The average molecular weight is 426 g/mol. The number of hydrogen-bond acceptors (Lipinski definition) is 6. The number of phenols is 1. The molecule has 0 fully saturated rings. The second-order valence-electron chi connectivity index (χ2n) is 6.96. The molecule has 0 saturated carbocycles. The standard InChI is InChI=1S/C23H23FN2O5/c1-30-9-3-8-25-22(28)18-12-19(23(29)31-2)21(27)20-17(18)11-15(13-26-20)10-14-4-6-16(24)7-5-14/h4-7,11-13,27H,3,8-10H2,1-2H3,(H,25,28). The van der Waals surface area contributed by atoms with E-state index < -0.39 is 11.9 Å². The van der Waals surface area contributed by atoms with Gasteiger partial charge in [0.05, 0.1) is 7.11 Å². The summed E-state index contributed by atoms with van der Waals surface area (Å²) < 4.78 is 22.9. The first-order valence-electron chi connectivity index (χ1n) is 9.69. The number of carbonyl (C=O) groups is 2. The maximum atomic E-state index is 13.2. The average Bonchev–Trinajstić information content (AvgIpc) is 2.78. The summed E-state index contributed by atoms with van der Waals surface area (Å²) in [6.07, 6.45) is 2.63. The van der Waals surface area contributed by atoms with Crippen molar-refractivity contribution in [2.24, 2.45) is 0 Å². The highest BCUT2D eigenvalue weighted by Gasteiger charge is 2.22. The number of amides is 1. The van der Waals surface area contributed by atoms with Crippen LogP contribution in [0.15, 0.2) is 42.6 Å². The van der Waals surface area contributed by atoms with Gasteiger partial charge in [0.1, 0.15) is 16.9 Å². The van der Waals surface area contributed by atoms with Crippen molar-refractivity contribution in [3.05, 3.63) is 70.7 Å². The molecule has 162 valence electrons. The van der Waals surface area contributed by atoms with Crippen LogP contribution in [0.1, 0.15) is 38.3 Å². The van der Waals surface area contributed by atoms with Crippen molar-refractivity contribution in [1.29, 1.82) is 0 Å². The van der Waals surface area contributed by atoms with Crippen molar-refractivity contribution in [1.82, 2.24) is 10.3 Å². The molecule has 0 aliphatic rings. The summed E-state index contributed by atoms with van der Waals surface area (Å²) in [6, 6.07) is 9.12. The minimum Gasteiger partial charge on any atom is -0.505 e. The molecule has 0 saturated heterocycles. The Morgan fingerprint density at radius 1 is 1.10 bits per heavy atom. The van der Waals surface area contributed by atoms with Gasteiger partial charge in [-0.1, -0.05) is 12.1 Å². The van der Waals surface area contributed by atoms with Gasteiger partial charge in [-0.3, -0.25) is 9.78 Å². The number of rotatable bonds is 8. The monoisotopic (exact) mass is 426 g/mol. The molecule has 0 atom stereocenters. The summed E-state index contributed by atoms with van der Waals surface area (Å²) in [7, 11) is 2.77. The Morgan fingerprint density at radius 2 is 1.84 bits per heavy atom. The number of benzene rings is 2. The van der Waals surface area contributed by atoms with Gasteiger partial charge in [0.15, 0.2) is 5.75 Å². The fourth-order valence-electron chi connectivity index (χ4n) is 3.22. The van der Waals surface area contributed by atoms with Crippen LogP contribution >= 0.6 is 0 Å². The van der Waals surface area contributed by atoms with Crippen LogP contribution in [0.25, 0.3) is 10.9 Å². The molecule has 3 rings (SSSR count). The fraction of sp³-hybridized carbons (Fsp3) is 0.261. The third-order valence-electron chi connectivity index (χ3n) is 4.78. The summed E-state index contributed by atoms with van der Waals surface area (Å²) in [5.74, 6) is -1.86. The number of pyridine rings is 1. The van der Waals surface area contributed by atoms with Gasteiger partial charge >= 0.3 is 5.97 Å². The van der Waals surface area contributed by atoms with Gasteiger partial charge in [0.2, 0.25) is 0 Å². The number of nitrogens with zero attached hydrogens (tertiary/aromatic N) is 1. The lowest BCUT2D eigenvalue weighted by molar-refractivity contribution is 0.0597. The van der Waals surface area contributed by atoms with E-state index in [2.05, 4.69) is 10.3 Å². The van der Waals surface area contributed by atoms with E-state index in [0.717, 1.165) is 11.1 Å². The number of methoxy groups -OCH3 is 2. The van der Waals surface area contributed by atoms with Gasteiger partial charge in [0.25, 0.3) is 5.91 Å². The molecule has 3 aromatic rings. The Kier molecular flexibility index (Phi) is 7.15. The number of carbonyl (C=O) groups excluding carboxylic acids is 2. The van der Waals surface area contributed by atoms with E-state index in [0.29, 0.717) is 31.4 Å². The topological polar surface area (TPSA) is 97.8 Å². The van der Waals surface area contributed by atoms with Crippen LogP contribution in [0.4, 0.5) is 4.39 Å². The minimum absolute atomic E-state index is 0.118. The van der Waals surface area contributed by atoms with E-state index in [1.165, 1.54) is 25.3 Å². The zero-order valence-corrected chi connectivity index (χ0v) is 17.3. The molecule has 2 aromatic carbocycles. The number of esters is 1. The Bertz CT molecular complexity index is 1100. The fourth-order valence-corrected chi connectivity index (χ4v) is 3.22. The Hall–Kier alpha value is -3.52. The first-order valence-corrected chi connectivity index (χ1v) is 9.69. The second-order valence-corrected chi connectivity index (χ2v) is 6.96. The molecule has 0 spiro atoms. The maximum absolute atomic E-state index is 13.2. The SMILES string of the molecule is COCCCNC(=O)c1cc(C(=O)OC)c(O)c2ncc(Cc3ccc(F)cc3)cc12. The van der Waals surface area contributed by atoms with Crippen LogP contribution in [0.5, 0.6) is 5.75 Å². The first kappa shape index (κ1) is 22.2. The number of halogens is 1. The molecule has 1 amide bonds. The smallest absolute Gasteiger partial charge is 0.341 e. The molecule has 1 aromatic heterocycles. The molecular weight excluding hydrogens is 403 g/mol. The van der Waals surface area contributed by atoms with Crippen molar-refractivity contribution in [3.63, 3.8) is 0 Å². The van der Waals surface area contributed by atoms with E-state index in [1.807, 2.05) is 0 Å². The van der Waals surface area contributed by atoms with Crippen molar-refractivity contribution in [3.8, 4) is 5.75 Å². The van der Waals surface area contributed by atoms with Crippen LogP contribution in [0, 0.1) is 5.82 Å². The number of hydrogen-bond donors (Lipinski definition) is 2. The number of ether oxygens (including phenoxy) is 2. The summed E-state index contributed by atoms with van der Waals surface area (Å²) in [5.41, 5.74) is 1.80. The van der Waals surface area contributed by atoms with Crippen LogP contribution in [-0.4, -0.2) is 49.3 Å². The molecule has 1 heterocycles. The summed E-state index contributed by atoms with van der Waals surface area (Å²) in [6.45, 7) is 0.874.